The van der Waals surface area contributed by atoms with Crippen LogP contribution in [0.3, 0.4) is 0 Å². The summed E-state index contributed by atoms with van der Waals surface area (Å²) in [5.41, 5.74) is 20.7. The molecule has 0 saturated carbocycles. The number of nitriles is 1. The number of carbonyl (C=O) groups is 4. The molecule has 1 aromatic rings. The lowest BCUT2D eigenvalue weighted by Gasteiger charge is -2.37. The second-order valence-corrected chi connectivity index (χ2v) is 9.73. The normalized spacial score (nSPS) is 17.8. The highest BCUT2D eigenvalue weighted by molar-refractivity contribution is 8.03. The van der Waals surface area contributed by atoms with Crippen LogP contribution in [0.4, 0.5) is 0 Å². The molecule has 1 unspecified atom stereocenters. The van der Waals surface area contributed by atoms with Gasteiger partial charge < -0.3 is 32.6 Å². The lowest BCUT2D eigenvalue weighted by Crippen LogP contribution is -2.52. The van der Waals surface area contributed by atoms with E-state index in [0.717, 1.165) is 54.6 Å². The van der Waals surface area contributed by atoms with Gasteiger partial charge in [0, 0.05) is 56.8 Å². The smallest absolute Gasteiger partial charge is 0.231 e. The number of likely N-dealkylation sites (N-methyl/N-ethyl adjacent to an activating group) is 1. The minimum atomic E-state index is -0.412. The van der Waals surface area contributed by atoms with Gasteiger partial charge in [0.05, 0.1) is 19.6 Å². The second kappa shape index (κ2) is 22.7. The van der Waals surface area contributed by atoms with Gasteiger partial charge >= 0.3 is 0 Å². The number of hydrogen-bond donors (Lipinski definition) is 4. The fourth-order valence-electron chi connectivity index (χ4n) is 4.34. The van der Waals surface area contributed by atoms with Gasteiger partial charge in [0.1, 0.15) is 11.7 Å². The SMILES string of the molecule is CCN1CCN(CC(N)=O)CCN(CC(N)=O)CCN(CC=O)C(Cc2ccc(SC#N)cc2)C1.CN.NC=O. The fraction of sp³-hybridized carbons (Fsp3) is 0.577. The van der Waals surface area contributed by atoms with Crippen molar-refractivity contribution in [2.24, 2.45) is 22.9 Å². The van der Waals surface area contributed by atoms with E-state index in [1.807, 2.05) is 34.1 Å². The van der Waals surface area contributed by atoms with E-state index in [4.69, 9.17) is 21.5 Å². The van der Waals surface area contributed by atoms with Gasteiger partial charge in [-0.3, -0.25) is 29.1 Å². The molecule has 14 heteroatoms. The van der Waals surface area contributed by atoms with E-state index in [9.17, 15) is 14.4 Å². The van der Waals surface area contributed by atoms with Gasteiger partial charge in [0.15, 0.2) is 0 Å². The van der Waals surface area contributed by atoms with Gasteiger partial charge in [-0.2, -0.15) is 5.26 Å². The summed E-state index contributed by atoms with van der Waals surface area (Å²) in [6, 6.07) is 8.00. The molecule has 13 nitrogen and oxygen atoms in total. The summed E-state index contributed by atoms with van der Waals surface area (Å²) in [7, 11) is 1.50. The van der Waals surface area contributed by atoms with Crippen LogP contribution < -0.4 is 22.9 Å². The van der Waals surface area contributed by atoms with Gasteiger partial charge in [-0.05, 0) is 49.5 Å². The Bertz CT molecular complexity index is 914. The molecule has 1 aliphatic rings. The topological polar surface area (TPSA) is 209 Å². The van der Waals surface area contributed by atoms with Crippen LogP contribution in [-0.2, 0) is 25.6 Å². The van der Waals surface area contributed by atoms with Crippen molar-refractivity contribution in [3.05, 3.63) is 29.8 Å². The zero-order valence-corrected chi connectivity index (χ0v) is 24.4. The zero-order chi connectivity index (χ0) is 30.3. The summed E-state index contributed by atoms with van der Waals surface area (Å²) in [6.07, 6.45) is 1.91. The molecular formula is C26H45N9O4S. The Labute approximate surface area is 241 Å². The first kappa shape index (κ1) is 36.9. The van der Waals surface area contributed by atoms with E-state index >= 15 is 0 Å². The molecule has 0 aliphatic carbocycles. The van der Waals surface area contributed by atoms with E-state index in [-0.39, 0.29) is 31.4 Å². The van der Waals surface area contributed by atoms with Crippen molar-refractivity contribution in [1.82, 2.24) is 19.6 Å². The lowest BCUT2D eigenvalue weighted by molar-refractivity contribution is -0.121. The first-order chi connectivity index (χ1) is 19.3. The van der Waals surface area contributed by atoms with Crippen molar-refractivity contribution < 1.29 is 19.2 Å². The molecule has 8 N–H and O–H groups in total. The van der Waals surface area contributed by atoms with Crippen molar-refractivity contribution in [3.8, 4) is 5.40 Å². The maximum atomic E-state index is 11.7. The minimum Gasteiger partial charge on any atom is -0.372 e. The number of amides is 3. The second-order valence-electron chi connectivity index (χ2n) is 8.87. The average Bonchev–Trinajstić information content (AvgIpc) is 2.92. The van der Waals surface area contributed by atoms with Crippen LogP contribution in [0, 0.1) is 10.7 Å². The summed E-state index contributed by atoms with van der Waals surface area (Å²) in [6.45, 7) is 8.02. The number of rotatable bonds is 10. The number of aldehydes is 1. The molecule has 0 aromatic heterocycles. The first-order valence-corrected chi connectivity index (χ1v) is 13.9. The van der Waals surface area contributed by atoms with Crippen LogP contribution in [-0.4, -0.2) is 129 Å². The van der Waals surface area contributed by atoms with Crippen molar-refractivity contribution in [2.45, 2.75) is 24.3 Å². The third-order valence-corrected chi connectivity index (χ3v) is 6.83. The Hall–Kier alpha value is -3.06. The van der Waals surface area contributed by atoms with Crippen LogP contribution in [0.25, 0.3) is 0 Å². The van der Waals surface area contributed by atoms with E-state index in [1.165, 1.54) is 7.05 Å². The first-order valence-electron chi connectivity index (χ1n) is 13.1. The highest BCUT2D eigenvalue weighted by Gasteiger charge is 2.24. The Morgan fingerprint density at radius 2 is 1.43 bits per heavy atom. The molecular weight excluding hydrogens is 534 g/mol. The van der Waals surface area contributed by atoms with Crippen molar-refractivity contribution in [3.63, 3.8) is 0 Å². The lowest BCUT2D eigenvalue weighted by atomic mass is 10.0. The molecule has 0 spiro atoms. The van der Waals surface area contributed by atoms with Crippen LogP contribution in [0.1, 0.15) is 12.5 Å². The number of thiocyanates is 1. The largest absolute Gasteiger partial charge is 0.372 e. The molecule has 1 fully saturated rings. The van der Waals surface area contributed by atoms with Crippen molar-refractivity contribution in [1.29, 1.82) is 5.26 Å². The quantitative estimate of drug-likeness (QED) is 0.139. The molecule has 0 bridgehead atoms. The molecule has 0 radical (unpaired) electrons. The van der Waals surface area contributed by atoms with Crippen molar-refractivity contribution in [2.75, 3.05) is 79.0 Å². The van der Waals surface area contributed by atoms with Crippen LogP contribution in [0.5, 0.6) is 0 Å². The molecule has 224 valence electrons. The maximum absolute atomic E-state index is 11.7. The molecule has 1 aromatic carbocycles. The number of carbonyl (C=O) groups excluding carboxylic acids is 4. The number of hydrogen-bond acceptors (Lipinski definition) is 11. The highest BCUT2D eigenvalue weighted by atomic mass is 32.2. The van der Waals surface area contributed by atoms with Gasteiger partial charge in [0.25, 0.3) is 0 Å². The highest BCUT2D eigenvalue weighted by Crippen LogP contribution is 2.19. The third kappa shape index (κ3) is 16.1. The van der Waals surface area contributed by atoms with E-state index in [1.54, 1.807) is 0 Å². The third-order valence-electron chi connectivity index (χ3n) is 6.23. The average molecular weight is 580 g/mol. The van der Waals surface area contributed by atoms with E-state index in [0.29, 0.717) is 39.3 Å². The Morgan fingerprint density at radius 1 is 0.950 bits per heavy atom. The Balaban J connectivity index is 0.00000284. The summed E-state index contributed by atoms with van der Waals surface area (Å²) >= 11 is 1.13. The number of thioether (sulfide) groups is 1. The fourth-order valence-corrected chi connectivity index (χ4v) is 4.72. The molecule has 1 saturated heterocycles. The van der Waals surface area contributed by atoms with Gasteiger partial charge in [-0.15, -0.1) is 0 Å². The zero-order valence-electron chi connectivity index (χ0n) is 23.6. The Kier molecular flexibility index (Phi) is 21.0. The summed E-state index contributed by atoms with van der Waals surface area (Å²) in [4.78, 5) is 52.8. The molecule has 3 amide bonds. The molecule has 1 aliphatic heterocycles. The summed E-state index contributed by atoms with van der Waals surface area (Å²) < 4.78 is 0. The number of benzene rings is 1. The molecule has 40 heavy (non-hydrogen) atoms. The van der Waals surface area contributed by atoms with Crippen molar-refractivity contribution >= 4 is 36.3 Å². The van der Waals surface area contributed by atoms with E-state index in [2.05, 4.69) is 33.6 Å². The van der Waals surface area contributed by atoms with Crippen LogP contribution >= 0.6 is 11.8 Å². The van der Waals surface area contributed by atoms with Crippen LogP contribution in [0.15, 0.2) is 29.2 Å². The minimum absolute atomic E-state index is 0.0639. The van der Waals surface area contributed by atoms with Gasteiger partial charge in [-0.1, -0.05) is 19.1 Å². The number of nitrogens with zero attached hydrogens (tertiary/aromatic N) is 5. The summed E-state index contributed by atoms with van der Waals surface area (Å²) in [5, 5.41) is 11.0. The summed E-state index contributed by atoms with van der Waals surface area (Å²) in [5.74, 6) is -0.792. The Morgan fingerprint density at radius 3 is 1.85 bits per heavy atom. The van der Waals surface area contributed by atoms with E-state index < -0.39 is 5.91 Å². The molecule has 1 heterocycles. The standard InChI is InChI=1S/C24H37N7O3S.CH3NO.CH5N/c1-2-28-7-8-29(17-23(26)33)9-10-30(18-24(27)34)11-12-31(13-14-32)21(16-28)15-20-3-5-22(6-4-20)35-19-25;2-1-3;1-2/h3-6,14,21H,2,7-13,15-18H2,1H3,(H2,26,33)(H2,27,34);1H,(H2,2,3);2H2,1H3. The number of nitrogens with two attached hydrogens (primary N) is 4. The maximum Gasteiger partial charge on any atom is 0.231 e. The van der Waals surface area contributed by atoms with Gasteiger partial charge in [0.2, 0.25) is 18.2 Å². The molecule has 1 atom stereocenters. The van der Waals surface area contributed by atoms with Gasteiger partial charge in [-0.25, -0.2) is 0 Å². The predicted molar refractivity (Wildman–Crippen MR) is 157 cm³/mol. The molecule has 2 rings (SSSR count). The monoisotopic (exact) mass is 579 g/mol. The predicted octanol–water partition coefficient (Wildman–Crippen LogP) is -1.74. The van der Waals surface area contributed by atoms with Crippen LogP contribution in [0.2, 0.25) is 0 Å². The number of primary amides is 3.